The number of nitrogens with one attached hydrogen (secondary N) is 1. The Bertz CT molecular complexity index is 1190. The standard InChI is InChI=1S/C26H29F3N4O3/c1-4-5-6-20(31-32-23(35)10-9-22(30)34)24-19-8-7-17(26(27,28)29)14-21(19)33(25(24)36)18-12-15(2)11-16(3)13-18/h7-8,11-14,24H,4-6,9-10H2,1-3H3,(H2,30,34)(H,32,35)/b31-20-. The van der Waals surface area contributed by atoms with E-state index in [1.165, 1.54) is 11.0 Å². The molecular weight excluding hydrogens is 473 g/mol. The Labute approximate surface area is 207 Å². The molecule has 1 aliphatic rings. The molecule has 3 amide bonds. The first-order valence-electron chi connectivity index (χ1n) is 11.7. The number of unbranched alkanes of at least 4 members (excludes halogenated alkanes) is 1. The molecule has 0 saturated carbocycles. The Morgan fingerprint density at radius 2 is 1.72 bits per heavy atom. The molecule has 10 heteroatoms. The quantitative estimate of drug-likeness (QED) is 0.372. The van der Waals surface area contributed by atoms with E-state index in [1.807, 2.05) is 26.8 Å². The summed E-state index contributed by atoms with van der Waals surface area (Å²) in [6.07, 6.45) is -3.13. The number of hydrazone groups is 1. The van der Waals surface area contributed by atoms with Crippen LogP contribution >= 0.6 is 0 Å². The summed E-state index contributed by atoms with van der Waals surface area (Å²) in [5, 5.41) is 4.20. The summed E-state index contributed by atoms with van der Waals surface area (Å²) in [5.74, 6) is -2.60. The van der Waals surface area contributed by atoms with Crippen LogP contribution in [0.1, 0.15) is 67.2 Å². The van der Waals surface area contributed by atoms with Crippen LogP contribution in [0, 0.1) is 13.8 Å². The fourth-order valence-corrected chi connectivity index (χ4v) is 4.26. The van der Waals surface area contributed by atoms with E-state index < -0.39 is 35.4 Å². The van der Waals surface area contributed by atoms with E-state index in [0.29, 0.717) is 29.8 Å². The number of aryl methyl sites for hydroxylation is 2. The molecule has 1 aliphatic heterocycles. The van der Waals surface area contributed by atoms with E-state index in [9.17, 15) is 27.6 Å². The van der Waals surface area contributed by atoms with Crippen LogP contribution in [0.2, 0.25) is 0 Å². The minimum atomic E-state index is -4.59. The van der Waals surface area contributed by atoms with Gasteiger partial charge in [-0.15, -0.1) is 0 Å². The largest absolute Gasteiger partial charge is 0.416 e. The molecule has 0 fully saturated rings. The Morgan fingerprint density at radius 1 is 1.06 bits per heavy atom. The highest BCUT2D eigenvalue weighted by Crippen LogP contribution is 2.46. The van der Waals surface area contributed by atoms with Gasteiger partial charge in [0.15, 0.2) is 0 Å². The molecule has 0 aromatic heterocycles. The van der Waals surface area contributed by atoms with Crippen molar-refractivity contribution >= 4 is 34.8 Å². The van der Waals surface area contributed by atoms with Crippen molar-refractivity contribution in [1.29, 1.82) is 0 Å². The lowest BCUT2D eigenvalue weighted by Gasteiger charge is -2.20. The number of hydrogen-bond donors (Lipinski definition) is 2. The molecule has 0 spiro atoms. The van der Waals surface area contributed by atoms with E-state index >= 15 is 0 Å². The third-order valence-electron chi connectivity index (χ3n) is 5.88. The summed E-state index contributed by atoms with van der Waals surface area (Å²) in [7, 11) is 0. The van der Waals surface area contributed by atoms with E-state index in [-0.39, 0.29) is 18.5 Å². The SMILES string of the molecule is CCCC/C(=N/NC(=O)CCC(N)=O)C1C(=O)N(c2cc(C)cc(C)c2)c2cc(C(F)(F)F)ccc21. The maximum atomic E-state index is 13.8. The van der Waals surface area contributed by atoms with Gasteiger partial charge in [-0.25, -0.2) is 5.43 Å². The van der Waals surface area contributed by atoms with Gasteiger partial charge < -0.3 is 5.73 Å². The number of primary amides is 1. The summed E-state index contributed by atoms with van der Waals surface area (Å²) >= 11 is 0. The number of anilines is 2. The van der Waals surface area contributed by atoms with Crippen LogP contribution in [-0.4, -0.2) is 23.4 Å². The number of benzene rings is 2. The second-order valence-electron chi connectivity index (χ2n) is 8.93. The third kappa shape index (κ3) is 6.10. The van der Waals surface area contributed by atoms with Gasteiger partial charge >= 0.3 is 6.18 Å². The number of fused-ring (bicyclic) bond motifs is 1. The highest BCUT2D eigenvalue weighted by atomic mass is 19.4. The predicted octanol–water partition coefficient (Wildman–Crippen LogP) is 5.01. The van der Waals surface area contributed by atoms with Gasteiger partial charge in [0.05, 0.1) is 17.0 Å². The molecule has 1 unspecified atom stereocenters. The zero-order valence-corrected chi connectivity index (χ0v) is 20.4. The van der Waals surface area contributed by atoms with Gasteiger partial charge in [0.25, 0.3) is 0 Å². The van der Waals surface area contributed by atoms with Gasteiger partial charge in [0.2, 0.25) is 17.7 Å². The zero-order chi connectivity index (χ0) is 26.6. The summed E-state index contributed by atoms with van der Waals surface area (Å²) in [5.41, 5.74) is 9.62. The van der Waals surface area contributed by atoms with E-state index in [2.05, 4.69) is 10.5 Å². The van der Waals surface area contributed by atoms with Crippen molar-refractivity contribution in [1.82, 2.24) is 5.43 Å². The predicted molar refractivity (Wildman–Crippen MR) is 131 cm³/mol. The first kappa shape index (κ1) is 26.9. The number of nitrogens with zero attached hydrogens (tertiary/aromatic N) is 2. The number of halogens is 3. The topological polar surface area (TPSA) is 105 Å². The molecule has 3 N–H and O–H groups in total. The van der Waals surface area contributed by atoms with E-state index in [0.717, 1.165) is 29.7 Å². The fourth-order valence-electron chi connectivity index (χ4n) is 4.26. The number of carbonyl (C=O) groups is 3. The number of alkyl halides is 3. The molecule has 0 saturated heterocycles. The van der Waals surface area contributed by atoms with Crippen molar-refractivity contribution in [3.8, 4) is 0 Å². The Morgan fingerprint density at radius 3 is 2.31 bits per heavy atom. The van der Waals surface area contributed by atoms with Crippen LogP contribution in [0.3, 0.4) is 0 Å². The third-order valence-corrected chi connectivity index (χ3v) is 5.88. The molecule has 0 bridgehead atoms. The van der Waals surface area contributed by atoms with Crippen LogP contribution in [0.25, 0.3) is 0 Å². The van der Waals surface area contributed by atoms with Crippen molar-refractivity contribution in [2.45, 2.75) is 65.0 Å². The van der Waals surface area contributed by atoms with Crippen molar-refractivity contribution < 1.29 is 27.6 Å². The zero-order valence-electron chi connectivity index (χ0n) is 20.4. The first-order chi connectivity index (χ1) is 16.9. The second-order valence-corrected chi connectivity index (χ2v) is 8.93. The Balaban J connectivity index is 2.10. The van der Waals surface area contributed by atoms with Crippen molar-refractivity contribution in [3.63, 3.8) is 0 Å². The summed E-state index contributed by atoms with van der Waals surface area (Å²) in [6, 6.07) is 8.63. The molecule has 0 radical (unpaired) electrons. The van der Waals surface area contributed by atoms with Crippen LogP contribution < -0.4 is 16.1 Å². The minimum absolute atomic E-state index is 0.133. The smallest absolute Gasteiger partial charge is 0.370 e. The molecule has 192 valence electrons. The highest BCUT2D eigenvalue weighted by molar-refractivity contribution is 6.22. The number of nitrogens with two attached hydrogens (primary N) is 1. The van der Waals surface area contributed by atoms with Gasteiger partial charge in [0.1, 0.15) is 5.92 Å². The molecule has 2 aromatic rings. The van der Waals surface area contributed by atoms with Gasteiger partial charge in [-0.3, -0.25) is 19.3 Å². The molecule has 2 aromatic carbocycles. The lowest BCUT2D eigenvalue weighted by Crippen LogP contribution is -2.30. The van der Waals surface area contributed by atoms with E-state index in [1.54, 1.807) is 12.1 Å². The molecule has 36 heavy (non-hydrogen) atoms. The molecule has 0 aliphatic carbocycles. The fraction of sp³-hybridized carbons (Fsp3) is 0.385. The summed E-state index contributed by atoms with van der Waals surface area (Å²) in [4.78, 5) is 38.2. The van der Waals surface area contributed by atoms with Gasteiger partial charge in [-0.1, -0.05) is 25.5 Å². The Kier molecular flexibility index (Phi) is 8.17. The maximum absolute atomic E-state index is 13.8. The number of hydrogen-bond acceptors (Lipinski definition) is 4. The molecular formula is C26H29F3N4O3. The van der Waals surface area contributed by atoms with Gasteiger partial charge in [-0.05, 0) is 67.6 Å². The molecule has 1 atom stereocenters. The van der Waals surface area contributed by atoms with Crippen molar-refractivity contribution in [2.75, 3.05) is 4.90 Å². The van der Waals surface area contributed by atoms with Crippen LogP contribution in [0.4, 0.5) is 24.5 Å². The van der Waals surface area contributed by atoms with Crippen LogP contribution in [0.5, 0.6) is 0 Å². The molecule has 1 heterocycles. The number of rotatable bonds is 9. The summed E-state index contributed by atoms with van der Waals surface area (Å²) < 4.78 is 40.7. The maximum Gasteiger partial charge on any atom is 0.416 e. The lowest BCUT2D eigenvalue weighted by atomic mass is 9.91. The molecule has 7 nitrogen and oxygen atoms in total. The normalized spacial score (nSPS) is 15.7. The average molecular weight is 503 g/mol. The van der Waals surface area contributed by atoms with Gasteiger partial charge in [-0.2, -0.15) is 18.3 Å². The first-order valence-corrected chi connectivity index (χ1v) is 11.7. The molecule has 3 rings (SSSR count). The highest BCUT2D eigenvalue weighted by Gasteiger charge is 2.43. The minimum Gasteiger partial charge on any atom is -0.370 e. The van der Waals surface area contributed by atoms with Crippen LogP contribution in [-0.2, 0) is 20.6 Å². The number of carbonyl (C=O) groups excluding carboxylic acids is 3. The average Bonchev–Trinajstić information content (AvgIpc) is 3.07. The number of amides is 3. The van der Waals surface area contributed by atoms with Gasteiger partial charge in [0, 0.05) is 18.5 Å². The second kappa shape index (κ2) is 10.9. The Hall–Kier alpha value is -3.69. The summed E-state index contributed by atoms with van der Waals surface area (Å²) in [6.45, 7) is 5.64. The van der Waals surface area contributed by atoms with E-state index in [4.69, 9.17) is 5.73 Å². The monoisotopic (exact) mass is 502 g/mol. The van der Waals surface area contributed by atoms with Crippen LogP contribution in [0.15, 0.2) is 41.5 Å². The lowest BCUT2D eigenvalue weighted by molar-refractivity contribution is -0.137. The van der Waals surface area contributed by atoms with Crippen molar-refractivity contribution in [2.24, 2.45) is 10.8 Å². The van der Waals surface area contributed by atoms with Crippen molar-refractivity contribution in [3.05, 3.63) is 58.7 Å².